The van der Waals surface area contributed by atoms with Crippen LogP contribution < -0.4 is 35.5 Å². The number of hydrogen-bond donors (Lipinski definition) is 1. The van der Waals surface area contributed by atoms with Crippen LogP contribution in [0.25, 0.3) is 16.6 Å². The van der Waals surface area contributed by atoms with E-state index in [4.69, 9.17) is 18.9 Å². The highest BCUT2D eigenvalue weighted by Crippen LogP contribution is 2.48. The fourth-order valence-corrected chi connectivity index (χ4v) is 6.37. The zero-order chi connectivity index (χ0) is 37.2. The van der Waals surface area contributed by atoms with Gasteiger partial charge in [-0.2, -0.15) is 0 Å². The lowest BCUT2D eigenvalue weighted by Crippen LogP contribution is -2.42. The number of rotatable bonds is 12. The highest BCUT2D eigenvalue weighted by atomic mass is 19.1. The third-order valence-electron chi connectivity index (χ3n) is 9.46. The second-order valence-corrected chi connectivity index (χ2v) is 13.3. The molecule has 1 amide bonds. The van der Waals surface area contributed by atoms with Gasteiger partial charge in [-0.25, -0.2) is 18.1 Å². The normalized spacial score (nSPS) is 14.0. The Hall–Kier alpha value is -5.76. The summed E-state index contributed by atoms with van der Waals surface area (Å²) in [5, 5.41) is 3.01. The van der Waals surface area contributed by atoms with Gasteiger partial charge in [-0.05, 0) is 82.6 Å². The van der Waals surface area contributed by atoms with Crippen molar-refractivity contribution in [2.45, 2.75) is 51.6 Å². The molecule has 1 aliphatic carbocycles. The number of amides is 1. The minimum Gasteiger partial charge on any atom is -0.489 e. The summed E-state index contributed by atoms with van der Waals surface area (Å²) in [4.78, 5) is 46.9. The molecule has 276 valence electrons. The van der Waals surface area contributed by atoms with Crippen LogP contribution in [0.1, 0.15) is 55.9 Å². The minimum atomic E-state index is -0.916. The highest BCUT2D eigenvalue weighted by molar-refractivity contribution is 6.04. The fourth-order valence-electron chi connectivity index (χ4n) is 6.37. The number of nitrogens with zero attached hydrogens (tertiary/aromatic N) is 4. The van der Waals surface area contributed by atoms with Crippen molar-refractivity contribution in [3.8, 4) is 34.4 Å². The Morgan fingerprint density at radius 2 is 1.75 bits per heavy atom. The predicted molar refractivity (Wildman–Crippen MR) is 194 cm³/mol. The van der Waals surface area contributed by atoms with Gasteiger partial charge in [0, 0.05) is 48.8 Å². The van der Waals surface area contributed by atoms with Crippen LogP contribution in [0, 0.1) is 11.6 Å². The number of carbonyl (C=O) groups is 1. The lowest BCUT2D eigenvalue weighted by molar-refractivity contribution is 0.102. The van der Waals surface area contributed by atoms with E-state index in [9.17, 15) is 18.8 Å². The van der Waals surface area contributed by atoms with Crippen molar-refractivity contribution in [2.24, 2.45) is 0 Å². The standard InChI is InChI=1S/C39H39F2N5O7/c1-23(2)45-22-28(38(48)46(39(45)49)27-11-8-24(40)9-12-27)37(47)43-25-10-13-31(29(41)20-25)53-32-14-15-42-30-21-33(35-36(34(30)32)52-19-18-51-35)50-17-5-16-44(3)26-6-4-7-26/h8-15,20-23,26H,4-7,16-19H2,1-3H3,(H,43,47). The van der Waals surface area contributed by atoms with Gasteiger partial charge >= 0.3 is 5.69 Å². The summed E-state index contributed by atoms with van der Waals surface area (Å²) in [6, 6.07) is 12.1. The fraction of sp³-hybridized carbons (Fsp3) is 0.333. The van der Waals surface area contributed by atoms with E-state index in [0.717, 1.165) is 41.9 Å². The first-order valence-electron chi connectivity index (χ1n) is 17.6. The predicted octanol–water partition coefficient (Wildman–Crippen LogP) is 6.48. The molecule has 1 N–H and O–H groups in total. The van der Waals surface area contributed by atoms with E-state index in [-0.39, 0.29) is 28.4 Å². The molecule has 0 bridgehead atoms. The summed E-state index contributed by atoms with van der Waals surface area (Å²) < 4.78 is 55.4. The molecule has 14 heteroatoms. The Balaban J connectivity index is 1.11. The summed E-state index contributed by atoms with van der Waals surface area (Å²) >= 11 is 0. The number of fused-ring (bicyclic) bond motifs is 3. The second kappa shape index (κ2) is 15.1. The Kier molecular flexibility index (Phi) is 10.1. The molecule has 1 saturated carbocycles. The van der Waals surface area contributed by atoms with Crippen LogP contribution in [0.5, 0.6) is 28.7 Å². The monoisotopic (exact) mass is 727 g/mol. The van der Waals surface area contributed by atoms with Crippen molar-refractivity contribution in [1.82, 2.24) is 19.0 Å². The third kappa shape index (κ3) is 7.31. The first-order valence-corrected chi connectivity index (χ1v) is 17.6. The lowest BCUT2D eigenvalue weighted by atomic mass is 9.92. The quantitative estimate of drug-likeness (QED) is 0.144. The minimum absolute atomic E-state index is 0.0317. The van der Waals surface area contributed by atoms with E-state index in [0.29, 0.717) is 54.0 Å². The number of benzene rings is 3. The molecular formula is C39H39F2N5O7. The van der Waals surface area contributed by atoms with E-state index in [2.05, 4.69) is 22.2 Å². The molecule has 0 saturated heterocycles. The molecule has 53 heavy (non-hydrogen) atoms. The SMILES string of the molecule is CC(C)n1cc(C(=O)Nc2ccc(Oc3ccnc4cc(OCCCN(C)C5CCC5)c5c(c34)OCCO5)c(F)c2)c(=O)n(-c2ccc(F)cc2)c1=O. The zero-order valence-corrected chi connectivity index (χ0v) is 29.6. The molecule has 2 aromatic heterocycles. The average Bonchev–Trinajstić information content (AvgIpc) is 3.11. The van der Waals surface area contributed by atoms with E-state index in [1.807, 2.05) is 0 Å². The molecular weight excluding hydrogens is 688 g/mol. The van der Waals surface area contributed by atoms with Gasteiger partial charge in [0.1, 0.15) is 30.3 Å². The van der Waals surface area contributed by atoms with E-state index in [1.165, 1.54) is 54.3 Å². The van der Waals surface area contributed by atoms with Crippen molar-refractivity contribution in [2.75, 3.05) is 38.7 Å². The van der Waals surface area contributed by atoms with Gasteiger partial charge in [-0.15, -0.1) is 0 Å². The van der Waals surface area contributed by atoms with E-state index < -0.39 is 34.8 Å². The average molecular weight is 728 g/mol. The van der Waals surface area contributed by atoms with Crippen LogP contribution >= 0.6 is 0 Å². The van der Waals surface area contributed by atoms with Crippen LogP contribution in [-0.2, 0) is 0 Å². The van der Waals surface area contributed by atoms with Crippen molar-refractivity contribution < 1.29 is 32.5 Å². The first-order chi connectivity index (χ1) is 25.6. The molecule has 7 rings (SSSR count). The molecule has 0 spiro atoms. The maximum absolute atomic E-state index is 15.6. The van der Waals surface area contributed by atoms with Crippen molar-refractivity contribution in [3.05, 3.63) is 105 Å². The summed E-state index contributed by atoms with van der Waals surface area (Å²) in [7, 11) is 2.14. The molecule has 3 heterocycles. The Morgan fingerprint density at radius 1 is 1.00 bits per heavy atom. The van der Waals surface area contributed by atoms with Crippen LogP contribution in [0.15, 0.2) is 76.6 Å². The Labute approximate surface area is 303 Å². The summed E-state index contributed by atoms with van der Waals surface area (Å²) in [6.45, 7) is 5.44. The van der Waals surface area contributed by atoms with Gasteiger partial charge in [-0.3, -0.25) is 19.1 Å². The summed E-state index contributed by atoms with van der Waals surface area (Å²) in [6.07, 6.45) is 7.29. The zero-order valence-electron chi connectivity index (χ0n) is 29.6. The van der Waals surface area contributed by atoms with Crippen molar-refractivity contribution in [1.29, 1.82) is 0 Å². The number of ether oxygens (including phenoxy) is 4. The van der Waals surface area contributed by atoms with Crippen molar-refractivity contribution >= 4 is 22.5 Å². The molecule has 3 aromatic carbocycles. The van der Waals surface area contributed by atoms with Gasteiger partial charge in [0.15, 0.2) is 23.1 Å². The van der Waals surface area contributed by atoms with Crippen molar-refractivity contribution in [3.63, 3.8) is 0 Å². The Bertz CT molecular complexity index is 2290. The number of halogens is 2. The smallest absolute Gasteiger partial charge is 0.335 e. The summed E-state index contributed by atoms with van der Waals surface area (Å²) in [5.41, 5.74) is -1.36. The highest BCUT2D eigenvalue weighted by Gasteiger charge is 2.26. The number of hydrogen-bond acceptors (Lipinski definition) is 9. The molecule has 1 fully saturated rings. The number of pyridine rings is 1. The molecule has 2 aliphatic rings. The Morgan fingerprint density at radius 3 is 2.45 bits per heavy atom. The molecule has 0 unspecified atom stereocenters. The molecule has 5 aromatic rings. The van der Waals surface area contributed by atoms with Gasteiger partial charge in [0.05, 0.1) is 23.2 Å². The lowest BCUT2D eigenvalue weighted by Gasteiger charge is -2.34. The van der Waals surface area contributed by atoms with Crippen LogP contribution in [0.3, 0.4) is 0 Å². The number of aromatic nitrogens is 3. The molecule has 12 nitrogen and oxygen atoms in total. The van der Waals surface area contributed by atoms with Gasteiger partial charge in [0.25, 0.3) is 11.5 Å². The maximum atomic E-state index is 15.6. The molecule has 0 radical (unpaired) electrons. The van der Waals surface area contributed by atoms with Crippen LogP contribution in [0.4, 0.5) is 14.5 Å². The number of anilines is 1. The molecule has 0 atom stereocenters. The molecule has 1 aliphatic heterocycles. The van der Waals surface area contributed by atoms with Gasteiger partial charge in [0.2, 0.25) is 5.75 Å². The van der Waals surface area contributed by atoms with Crippen LogP contribution in [0.2, 0.25) is 0 Å². The number of nitrogens with one attached hydrogen (secondary N) is 1. The van der Waals surface area contributed by atoms with Gasteiger partial charge in [-0.1, -0.05) is 6.42 Å². The van der Waals surface area contributed by atoms with Crippen LogP contribution in [-0.4, -0.2) is 64.4 Å². The van der Waals surface area contributed by atoms with Gasteiger partial charge < -0.3 is 29.2 Å². The largest absolute Gasteiger partial charge is 0.489 e. The third-order valence-corrected chi connectivity index (χ3v) is 9.46. The van der Waals surface area contributed by atoms with E-state index >= 15 is 4.39 Å². The number of carbonyl (C=O) groups excluding carboxylic acids is 1. The topological polar surface area (TPSA) is 126 Å². The second-order valence-electron chi connectivity index (χ2n) is 13.3. The first kappa shape index (κ1) is 35.6. The summed E-state index contributed by atoms with van der Waals surface area (Å²) in [5.74, 6) is -0.806. The maximum Gasteiger partial charge on any atom is 0.335 e. The van der Waals surface area contributed by atoms with E-state index in [1.54, 1.807) is 26.0 Å².